The molecule has 0 radical (unpaired) electrons. The standard InChI is InChI=1S/C19H23NO3/c1-4-16-11-13-18(14-12-16)23-19(21)22-15(3)20(5-2)17-9-7-6-8-10-17/h6-15H,4-5H2,1-3H3. The molecule has 0 amide bonds. The highest BCUT2D eigenvalue weighted by Gasteiger charge is 2.18. The van der Waals surface area contributed by atoms with Gasteiger partial charge in [-0.2, -0.15) is 0 Å². The molecule has 0 N–H and O–H groups in total. The molecule has 23 heavy (non-hydrogen) atoms. The smallest absolute Gasteiger partial charge is 0.410 e. The van der Waals surface area contributed by atoms with E-state index >= 15 is 0 Å². The predicted octanol–water partition coefficient (Wildman–Crippen LogP) is 4.64. The van der Waals surface area contributed by atoms with Crippen LogP contribution in [-0.4, -0.2) is 18.9 Å². The molecule has 0 saturated carbocycles. The topological polar surface area (TPSA) is 38.8 Å². The Morgan fingerprint density at radius 2 is 1.70 bits per heavy atom. The van der Waals surface area contributed by atoms with Crippen molar-refractivity contribution in [2.45, 2.75) is 33.4 Å². The fourth-order valence-corrected chi connectivity index (χ4v) is 2.39. The fourth-order valence-electron chi connectivity index (χ4n) is 2.39. The minimum absolute atomic E-state index is 0.412. The van der Waals surface area contributed by atoms with E-state index in [0.29, 0.717) is 5.75 Å². The van der Waals surface area contributed by atoms with Crippen LogP contribution >= 0.6 is 0 Å². The van der Waals surface area contributed by atoms with Gasteiger partial charge in [0.1, 0.15) is 5.75 Å². The van der Waals surface area contributed by atoms with Gasteiger partial charge in [0.15, 0.2) is 6.23 Å². The van der Waals surface area contributed by atoms with Crippen LogP contribution in [0.1, 0.15) is 26.3 Å². The van der Waals surface area contributed by atoms with Gasteiger partial charge in [0.05, 0.1) is 0 Å². The van der Waals surface area contributed by atoms with Crippen LogP contribution in [0.2, 0.25) is 0 Å². The first-order valence-electron chi connectivity index (χ1n) is 7.93. The number of anilines is 1. The first-order chi connectivity index (χ1) is 11.1. The van der Waals surface area contributed by atoms with E-state index in [9.17, 15) is 4.79 Å². The molecule has 0 aromatic heterocycles. The molecule has 0 fully saturated rings. The summed E-state index contributed by atoms with van der Waals surface area (Å²) in [6, 6.07) is 17.3. The second-order valence-electron chi connectivity index (χ2n) is 5.19. The van der Waals surface area contributed by atoms with Crippen LogP contribution in [0, 0.1) is 0 Å². The molecule has 2 rings (SSSR count). The van der Waals surface area contributed by atoms with E-state index in [0.717, 1.165) is 18.7 Å². The molecule has 0 aliphatic rings. The second-order valence-corrected chi connectivity index (χ2v) is 5.19. The van der Waals surface area contributed by atoms with Crippen LogP contribution in [0.5, 0.6) is 5.75 Å². The van der Waals surface area contributed by atoms with Crippen molar-refractivity contribution in [3.05, 3.63) is 60.2 Å². The summed E-state index contributed by atoms with van der Waals surface area (Å²) in [7, 11) is 0. The monoisotopic (exact) mass is 313 g/mol. The van der Waals surface area contributed by atoms with E-state index in [1.54, 1.807) is 12.1 Å². The summed E-state index contributed by atoms with van der Waals surface area (Å²) in [6.07, 6.45) is -0.162. The van der Waals surface area contributed by atoms with Crippen molar-refractivity contribution in [1.82, 2.24) is 0 Å². The Bertz CT molecular complexity index is 610. The summed E-state index contributed by atoms with van der Waals surface area (Å²) >= 11 is 0. The zero-order valence-electron chi connectivity index (χ0n) is 13.9. The fraction of sp³-hybridized carbons (Fsp3) is 0.316. The average molecular weight is 313 g/mol. The van der Waals surface area contributed by atoms with Gasteiger partial charge in [-0.25, -0.2) is 4.79 Å². The highest BCUT2D eigenvalue weighted by atomic mass is 16.7. The minimum Gasteiger partial charge on any atom is -0.410 e. The summed E-state index contributed by atoms with van der Waals surface area (Å²) in [4.78, 5) is 13.9. The first-order valence-corrected chi connectivity index (χ1v) is 7.93. The van der Waals surface area contributed by atoms with Gasteiger partial charge in [0, 0.05) is 12.2 Å². The van der Waals surface area contributed by atoms with Crippen LogP contribution in [0.25, 0.3) is 0 Å². The summed E-state index contributed by atoms with van der Waals surface area (Å²) in [6.45, 7) is 6.65. The third-order valence-corrected chi connectivity index (χ3v) is 3.67. The Balaban J connectivity index is 1.95. The number of hydrogen-bond acceptors (Lipinski definition) is 4. The Kier molecular flexibility index (Phi) is 6.03. The lowest BCUT2D eigenvalue weighted by Crippen LogP contribution is -2.37. The van der Waals surface area contributed by atoms with Crippen LogP contribution in [0.3, 0.4) is 0 Å². The summed E-state index contributed by atoms with van der Waals surface area (Å²) in [5.41, 5.74) is 2.20. The van der Waals surface area contributed by atoms with Gasteiger partial charge in [0.2, 0.25) is 0 Å². The van der Waals surface area contributed by atoms with E-state index < -0.39 is 12.4 Å². The SMILES string of the molecule is CCc1ccc(OC(=O)OC(C)N(CC)c2ccccc2)cc1. The number of benzene rings is 2. The molecule has 0 aliphatic carbocycles. The van der Waals surface area contributed by atoms with Crippen molar-refractivity contribution in [3.8, 4) is 5.75 Å². The van der Waals surface area contributed by atoms with Crippen LogP contribution in [-0.2, 0) is 11.2 Å². The van der Waals surface area contributed by atoms with Gasteiger partial charge in [0.25, 0.3) is 0 Å². The average Bonchev–Trinajstić information content (AvgIpc) is 2.57. The normalized spacial score (nSPS) is 11.6. The molecular weight excluding hydrogens is 290 g/mol. The molecule has 0 heterocycles. The second kappa shape index (κ2) is 8.22. The van der Waals surface area contributed by atoms with E-state index in [1.165, 1.54) is 5.56 Å². The predicted molar refractivity (Wildman–Crippen MR) is 91.9 cm³/mol. The van der Waals surface area contributed by atoms with Crippen LogP contribution in [0.15, 0.2) is 54.6 Å². The quantitative estimate of drug-likeness (QED) is 0.442. The molecule has 1 atom stereocenters. The Morgan fingerprint density at radius 1 is 1.04 bits per heavy atom. The molecule has 4 nitrogen and oxygen atoms in total. The molecule has 4 heteroatoms. The maximum absolute atomic E-state index is 12.0. The number of carbonyl (C=O) groups excluding carboxylic acids is 1. The highest BCUT2D eigenvalue weighted by molar-refractivity contribution is 5.64. The molecule has 2 aromatic carbocycles. The number of hydrogen-bond donors (Lipinski definition) is 0. The highest BCUT2D eigenvalue weighted by Crippen LogP contribution is 2.18. The summed E-state index contributed by atoms with van der Waals surface area (Å²) in [5, 5.41) is 0. The number of rotatable bonds is 6. The molecule has 2 aromatic rings. The number of nitrogens with zero attached hydrogens (tertiary/aromatic N) is 1. The maximum atomic E-state index is 12.0. The van der Waals surface area contributed by atoms with Crippen molar-refractivity contribution >= 4 is 11.8 Å². The van der Waals surface area contributed by atoms with Gasteiger partial charge in [-0.3, -0.25) is 0 Å². The van der Waals surface area contributed by atoms with Crippen LogP contribution in [0.4, 0.5) is 10.5 Å². The third kappa shape index (κ3) is 4.74. The lowest BCUT2D eigenvalue weighted by molar-refractivity contribution is 0.0645. The number of carbonyl (C=O) groups is 1. The first kappa shape index (κ1) is 16.9. The van der Waals surface area contributed by atoms with Crippen molar-refractivity contribution in [3.63, 3.8) is 0 Å². The molecule has 122 valence electrons. The summed E-state index contributed by atoms with van der Waals surface area (Å²) in [5.74, 6) is 0.488. The number of aryl methyl sites for hydroxylation is 1. The van der Waals surface area contributed by atoms with Crippen molar-refractivity contribution in [2.24, 2.45) is 0 Å². The Hall–Kier alpha value is -2.49. The van der Waals surface area contributed by atoms with Gasteiger partial charge >= 0.3 is 6.16 Å². The molecule has 0 saturated heterocycles. The van der Waals surface area contributed by atoms with Gasteiger partial charge in [-0.05, 0) is 50.1 Å². The largest absolute Gasteiger partial charge is 0.515 e. The Morgan fingerprint density at radius 3 is 2.26 bits per heavy atom. The van der Waals surface area contributed by atoms with Crippen molar-refractivity contribution in [1.29, 1.82) is 0 Å². The Labute approximate surface area is 137 Å². The minimum atomic E-state index is -0.698. The number of para-hydroxylation sites is 1. The van der Waals surface area contributed by atoms with E-state index in [1.807, 2.05) is 61.2 Å². The molecule has 0 aliphatic heterocycles. The molecule has 1 unspecified atom stereocenters. The van der Waals surface area contributed by atoms with Gasteiger partial charge < -0.3 is 14.4 Å². The van der Waals surface area contributed by atoms with E-state index in [2.05, 4.69) is 6.92 Å². The van der Waals surface area contributed by atoms with Gasteiger partial charge in [-0.1, -0.05) is 37.3 Å². The third-order valence-electron chi connectivity index (χ3n) is 3.67. The number of ether oxygens (including phenoxy) is 2. The zero-order chi connectivity index (χ0) is 16.7. The van der Waals surface area contributed by atoms with Gasteiger partial charge in [-0.15, -0.1) is 0 Å². The van der Waals surface area contributed by atoms with Crippen molar-refractivity contribution in [2.75, 3.05) is 11.4 Å². The van der Waals surface area contributed by atoms with Crippen molar-refractivity contribution < 1.29 is 14.3 Å². The summed E-state index contributed by atoms with van der Waals surface area (Å²) < 4.78 is 10.6. The lowest BCUT2D eigenvalue weighted by atomic mass is 10.2. The molecule has 0 spiro atoms. The molecule has 0 bridgehead atoms. The van der Waals surface area contributed by atoms with E-state index in [4.69, 9.17) is 9.47 Å². The zero-order valence-corrected chi connectivity index (χ0v) is 13.9. The maximum Gasteiger partial charge on any atom is 0.515 e. The lowest BCUT2D eigenvalue weighted by Gasteiger charge is -2.29. The van der Waals surface area contributed by atoms with E-state index in [-0.39, 0.29) is 0 Å². The van der Waals surface area contributed by atoms with Crippen LogP contribution < -0.4 is 9.64 Å². The molecular formula is C19H23NO3.